The molecule has 0 radical (unpaired) electrons. The molecule has 2 aromatic carbocycles. The van der Waals surface area contributed by atoms with Gasteiger partial charge in [-0.15, -0.1) is 0 Å². The summed E-state index contributed by atoms with van der Waals surface area (Å²) in [6, 6.07) is 13.1. The Labute approximate surface area is 185 Å². The minimum absolute atomic E-state index is 0.0442. The van der Waals surface area contributed by atoms with Crippen LogP contribution in [0.3, 0.4) is 0 Å². The number of halogens is 2. The molecule has 2 amide bonds. The van der Waals surface area contributed by atoms with Crippen LogP contribution in [0.5, 0.6) is 0 Å². The normalized spacial score (nSPS) is 22.1. The van der Waals surface area contributed by atoms with Gasteiger partial charge in [-0.25, -0.2) is 4.39 Å². The smallest absolute Gasteiger partial charge is 0.289 e. The summed E-state index contributed by atoms with van der Waals surface area (Å²) in [5.41, 5.74) is 1.47. The lowest BCUT2D eigenvalue weighted by Gasteiger charge is -2.44. The fraction of sp³-hybridized carbons (Fsp3) is 0.333. The molecular formula is C24H24ClFN2O3. The molecule has 0 bridgehead atoms. The second kappa shape index (κ2) is 9.52. The highest BCUT2D eigenvalue weighted by molar-refractivity contribution is 6.30. The highest BCUT2D eigenvalue weighted by Gasteiger charge is 2.42. The predicted octanol–water partition coefficient (Wildman–Crippen LogP) is 4.31. The monoisotopic (exact) mass is 442 g/mol. The number of morpholine rings is 1. The molecule has 1 aliphatic carbocycles. The van der Waals surface area contributed by atoms with Crippen LogP contribution in [-0.4, -0.2) is 35.4 Å². The molecule has 2 atom stereocenters. The van der Waals surface area contributed by atoms with Crippen LogP contribution in [0.25, 0.3) is 6.08 Å². The number of nitrogens with zero attached hydrogens (tertiary/aromatic N) is 1. The maximum absolute atomic E-state index is 13.6. The van der Waals surface area contributed by atoms with Crippen molar-refractivity contribution in [2.75, 3.05) is 6.54 Å². The average molecular weight is 443 g/mol. The van der Waals surface area contributed by atoms with E-state index in [9.17, 15) is 14.0 Å². The quantitative estimate of drug-likeness (QED) is 0.702. The fourth-order valence-corrected chi connectivity index (χ4v) is 4.25. The van der Waals surface area contributed by atoms with Gasteiger partial charge in [0.15, 0.2) is 5.76 Å². The van der Waals surface area contributed by atoms with Gasteiger partial charge < -0.3 is 15.0 Å². The highest BCUT2D eigenvalue weighted by Crippen LogP contribution is 2.33. The Hall–Kier alpha value is -2.86. The molecule has 31 heavy (non-hydrogen) atoms. The van der Waals surface area contributed by atoms with Crippen molar-refractivity contribution in [1.29, 1.82) is 0 Å². The van der Waals surface area contributed by atoms with E-state index in [-0.39, 0.29) is 42.1 Å². The lowest BCUT2D eigenvalue weighted by atomic mass is 9.89. The van der Waals surface area contributed by atoms with E-state index < -0.39 is 0 Å². The number of hydrogen-bond donors (Lipinski definition) is 1. The Kier molecular flexibility index (Phi) is 6.56. The third-order valence-corrected chi connectivity index (χ3v) is 5.93. The molecule has 4 rings (SSSR count). The van der Waals surface area contributed by atoms with Gasteiger partial charge in [-0.05, 0) is 60.7 Å². The van der Waals surface area contributed by atoms with Gasteiger partial charge >= 0.3 is 0 Å². The minimum Gasteiger partial charge on any atom is -0.482 e. The number of nitrogens with one attached hydrogen (secondary N) is 1. The van der Waals surface area contributed by atoms with E-state index in [1.54, 1.807) is 35.2 Å². The summed E-state index contributed by atoms with van der Waals surface area (Å²) in [4.78, 5) is 27.4. The summed E-state index contributed by atoms with van der Waals surface area (Å²) in [6.07, 6.45) is 5.02. The molecule has 1 saturated heterocycles. The summed E-state index contributed by atoms with van der Waals surface area (Å²) in [5.74, 6) is -0.806. The van der Waals surface area contributed by atoms with E-state index in [1.165, 1.54) is 12.1 Å². The Bertz CT molecular complexity index is 993. The molecule has 2 fully saturated rings. The molecule has 5 nitrogen and oxygen atoms in total. The standard InChI is InChI=1S/C24H24ClFN2O3/c25-18-10-8-16(9-11-18)14-27-23(29)15-28-20-6-1-2-7-21(20)31-22(24(28)30)13-17-4-3-5-19(26)12-17/h3-5,8-13,20-21H,1-2,6-7,14-15H2,(H,27,29)/b22-13+. The number of amides is 2. The lowest BCUT2D eigenvalue weighted by molar-refractivity contribution is -0.151. The van der Waals surface area contributed by atoms with E-state index in [0.29, 0.717) is 17.1 Å². The molecule has 7 heteroatoms. The molecule has 1 heterocycles. The van der Waals surface area contributed by atoms with Crippen molar-refractivity contribution in [1.82, 2.24) is 10.2 Å². The van der Waals surface area contributed by atoms with Crippen LogP contribution in [0, 0.1) is 5.82 Å². The van der Waals surface area contributed by atoms with Gasteiger partial charge in [-0.2, -0.15) is 0 Å². The van der Waals surface area contributed by atoms with Crippen molar-refractivity contribution < 1.29 is 18.7 Å². The van der Waals surface area contributed by atoms with Gasteiger partial charge in [0.1, 0.15) is 18.5 Å². The maximum Gasteiger partial charge on any atom is 0.289 e. The summed E-state index contributed by atoms with van der Waals surface area (Å²) in [5, 5.41) is 3.50. The van der Waals surface area contributed by atoms with E-state index in [2.05, 4.69) is 5.32 Å². The minimum atomic E-state index is -0.383. The third-order valence-electron chi connectivity index (χ3n) is 5.68. The Morgan fingerprint density at radius 3 is 2.74 bits per heavy atom. The van der Waals surface area contributed by atoms with Crippen molar-refractivity contribution in [2.45, 2.75) is 44.4 Å². The van der Waals surface area contributed by atoms with Crippen LogP contribution in [0.1, 0.15) is 36.8 Å². The van der Waals surface area contributed by atoms with Crippen LogP contribution in [0.2, 0.25) is 5.02 Å². The van der Waals surface area contributed by atoms with Gasteiger partial charge in [-0.3, -0.25) is 9.59 Å². The number of hydrogen-bond acceptors (Lipinski definition) is 3. The van der Waals surface area contributed by atoms with Crippen molar-refractivity contribution in [3.8, 4) is 0 Å². The first-order valence-electron chi connectivity index (χ1n) is 10.5. The Morgan fingerprint density at radius 1 is 1.19 bits per heavy atom. The first-order valence-corrected chi connectivity index (χ1v) is 10.8. The number of fused-ring (bicyclic) bond motifs is 1. The van der Waals surface area contributed by atoms with Crippen LogP contribution in [0.4, 0.5) is 4.39 Å². The number of ether oxygens (including phenoxy) is 1. The predicted molar refractivity (Wildman–Crippen MR) is 117 cm³/mol. The summed E-state index contributed by atoms with van der Waals surface area (Å²) >= 11 is 5.90. The molecule has 2 aliphatic rings. The summed E-state index contributed by atoms with van der Waals surface area (Å²) < 4.78 is 19.6. The second-order valence-electron chi connectivity index (χ2n) is 7.91. The highest BCUT2D eigenvalue weighted by atomic mass is 35.5. The van der Waals surface area contributed by atoms with Crippen molar-refractivity contribution in [3.63, 3.8) is 0 Å². The molecule has 162 valence electrons. The Balaban J connectivity index is 1.48. The van der Waals surface area contributed by atoms with E-state index in [0.717, 1.165) is 31.2 Å². The number of rotatable bonds is 5. The summed E-state index contributed by atoms with van der Waals surface area (Å²) in [6.45, 7) is 0.312. The molecule has 2 unspecified atom stereocenters. The van der Waals surface area contributed by atoms with Crippen molar-refractivity contribution >= 4 is 29.5 Å². The molecule has 1 aliphatic heterocycles. The first kappa shape index (κ1) is 21.4. The number of carbonyl (C=O) groups excluding carboxylic acids is 2. The van der Waals surface area contributed by atoms with Crippen LogP contribution < -0.4 is 5.32 Å². The van der Waals surface area contributed by atoms with Crippen molar-refractivity contribution in [3.05, 3.63) is 76.3 Å². The molecule has 1 N–H and O–H groups in total. The van der Waals surface area contributed by atoms with Gasteiger partial charge in [-0.1, -0.05) is 42.3 Å². The van der Waals surface area contributed by atoms with Crippen LogP contribution in [-0.2, 0) is 20.9 Å². The van der Waals surface area contributed by atoms with Gasteiger partial charge in [0.25, 0.3) is 5.91 Å². The van der Waals surface area contributed by atoms with E-state index in [1.807, 2.05) is 12.1 Å². The van der Waals surface area contributed by atoms with Gasteiger partial charge in [0.05, 0.1) is 6.04 Å². The largest absolute Gasteiger partial charge is 0.482 e. The van der Waals surface area contributed by atoms with Crippen LogP contribution >= 0.6 is 11.6 Å². The van der Waals surface area contributed by atoms with E-state index in [4.69, 9.17) is 16.3 Å². The molecule has 0 spiro atoms. The molecule has 1 saturated carbocycles. The van der Waals surface area contributed by atoms with E-state index >= 15 is 0 Å². The topological polar surface area (TPSA) is 58.6 Å². The zero-order chi connectivity index (χ0) is 21.8. The van der Waals surface area contributed by atoms with Crippen molar-refractivity contribution in [2.24, 2.45) is 0 Å². The third kappa shape index (κ3) is 5.25. The average Bonchev–Trinajstić information content (AvgIpc) is 2.76. The van der Waals surface area contributed by atoms with Gasteiger partial charge in [0.2, 0.25) is 5.91 Å². The lowest BCUT2D eigenvalue weighted by Crippen LogP contribution is -2.57. The fourth-order valence-electron chi connectivity index (χ4n) is 4.12. The van der Waals surface area contributed by atoms with Gasteiger partial charge in [0, 0.05) is 11.6 Å². The Morgan fingerprint density at radius 2 is 1.97 bits per heavy atom. The molecule has 0 aromatic heterocycles. The first-order chi connectivity index (χ1) is 15.0. The summed E-state index contributed by atoms with van der Waals surface area (Å²) in [7, 11) is 0. The maximum atomic E-state index is 13.6. The number of benzene rings is 2. The molecule has 2 aromatic rings. The zero-order valence-electron chi connectivity index (χ0n) is 17.0. The number of carbonyl (C=O) groups is 2. The zero-order valence-corrected chi connectivity index (χ0v) is 17.8. The van der Waals surface area contributed by atoms with Crippen LogP contribution in [0.15, 0.2) is 54.3 Å². The second-order valence-corrected chi connectivity index (χ2v) is 8.34. The SMILES string of the molecule is O=C(CN1C(=O)/C(=C\c2cccc(F)c2)OC2CCCCC21)NCc1ccc(Cl)cc1. The molecular weight excluding hydrogens is 419 g/mol.